The van der Waals surface area contributed by atoms with Gasteiger partial charge in [0.05, 0.1) is 13.7 Å². The van der Waals surface area contributed by atoms with Crippen molar-refractivity contribution in [1.82, 2.24) is 14.4 Å². The molecule has 0 unspecified atom stereocenters. The van der Waals surface area contributed by atoms with E-state index in [0.29, 0.717) is 50.3 Å². The second-order valence-electron chi connectivity index (χ2n) is 8.27. The third kappa shape index (κ3) is 5.28. The van der Waals surface area contributed by atoms with Gasteiger partial charge in [0.15, 0.2) is 23.9 Å². The molecule has 1 fully saturated rings. The first-order valence-electron chi connectivity index (χ1n) is 10.8. The number of para-hydroxylation sites is 2. The summed E-state index contributed by atoms with van der Waals surface area (Å²) in [6.07, 6.45) is 0. The van der Waals surface area contributed by atoms with Crippen LogP contribution in [0.25, 0.3) is 0 Å². The lowest BCUT2D eigenvalue weighted by Crippen LogP contribution is -2.51. The normalized spacial score (nSPS) is 14.7. The van der Waals surface area contributed by atoms with Crippen molar-refractivity contribution in [2.24, 2.45) is 0 Å². The fourth-order valence-electron chi connectivity index (χ4n) is 4.27. The molecule has 2 aromatic rings. The van der Waals surface area contributed by atoms with Crippen molar-refractivity contribution in [2.75, 3.05) is 46.4 Å². The van der Waals surface area contributed by atoms with Crippen LogP contribution in [0.4, 0.5) is 0 Å². The minimum atomic E-state index is -0.0580. The van der Waals surface area contributed by atoms with E-state index in [1.54, 1.807) is 24.1 Å². The van der Waals surface area contributed by atoms with Gasteiger partial charge >= 0.3 is 0 Å². The Labute approximate surface area is 184 Å². The molecule has 168 valence electrons. The summed E-state index contributed by atoms with van der Waals surface area (Å²) < 4.78 is 13.1. The second kappa shape index (κ2) is 10.0. The highest BCUT2D eigenvalue weighted by Crippen LogP contribution is 2.26. The summed E-state index contributed by atoms with van der Waals surface area (Å²) in [6.45, 7) is 11.2. The standard InChI is InChI=1S/C24H33N3O4/c1-17(2)27-18(3)14-20(19(27)4)21(28)15-25-10-12-26(13-11-25)24(29)16-31-23-9-7-6-8-22(23)30-5/h6-9,14,17H,10-13,15-16H2,1-5H3. The van der Waals surface area contributed by atoms with E-state index in [-0.39, 0.29) is 18.3 Å². The molecule has 1 aliphatic rings. The topological polar surface area (TPSA) is 64.0 Å². The lowest BCUT2D eigenvalue weighted by Gasteiger charge is -2.34. The number of hydrogen-bond donors (Lipinski definition) is 0. The van der Waals surface area contributed by atoms with Gasteiger partial charge in [0.25, 0.3) is 5.91 Å². The number of benzene rings is 1. The summed E-state index contributed by atoms with van der Waals surface area (Å²) in [4.78, 5) is 29.3. The van der Waals surface area contributed by atoms with Crippen molar-refractivity contribution in [1.29, 1.82) is 0 Å². The van der Waals surface area contributed by atoms with Crippen LogP contribution in [0.2, 0.25) is 0 Å². The molecule has 2 heterocycles. The molecule has 0 N–H and O–H groups in total. The van der Waals surface area contributed by atoms with Gasteiger partial charge in [0.1, 0.15) is 0 Å². The summed E-state index contributed by atoms with van der Waals surface area (Å²) in [6, 6.07) is 9.60. The van der Waals surface area contributed by atoms with Gasteiger partial charge in [-0.1, -0.05) is 12.1 Å². The van der Waals surface area contributed by atoms with Gasteiger partial charge in [0.2, 0.25) is 0 Å². The zero-order valence-corrected chi connectivity index (χ0v) is 19.2. The van der Waals surface area contributed by atoms with E-state index >= 15 is 0 Å². The van der Waals surface area contributed by atoms with Crippen LogP contribution in [0.5, 0.6) is 11.5 Å². The minimum Gasteiger partial charge on any atom is -0.493 e. The Kier molecular flexibility index (Phi) is 7.38. The van der Waals surface area contributed by atoms with Crippen LogP contribution in [-0.4, -0.2) is 72.5 Å². The zero-order valence-electron chi connectivity index (χ0n) is 19.2. The van der Waals surface area contributed by atoms with E-state index in [0.717, 1.165) is 17.0 Å². The lowest BCUT2D eigenvalue weighted by atomic mass is 10.1. The van der Waals surface area contributed by atoms with Crippen molar-refractivity contribution in [2.45, 2.75) is 33.7 Å². The first kappa shape index (κ1) is 22.9. The highest BCUT2D eigenvalue weighted by atomic mass is 16.5. The van der Waals surface area contributed by atoms with Gasteiger partial charge in [0, 0.05) is 49.2 Å². The number of Topliss-reactive ketones (excluding diaryl/α,β-unsaturated/α-hetero) is 1. The largest absolute Gasteiger partial charge is 0.493 e. The molecule has 0 aliphatic carbocycles. The van der Waals surface area contributed by atoms with Crippen LogP contribution in [0.15, 0.2) is 30.3 Å². The minimum absolute atomic E-state index is 0.0273. The number of nitrogens with zero attached hydrogens (tertiary/aromatic N) is 3. The number of rotatable bonds is 8. The first-order valence-corrected chi connectivity index (χ1v) is 10.8. The summed E-state index contributed by atoms with van der Waals surface area (Å²) in [5, 5.41) is 0. The number of aryl methyl sites for hydroxylation is 1. The Morgan fingerprint density at radius 3 is 2.26 bits per heavy atom. The van der Waals surface area contributed by atoms with Crippen molar-refractivity contribution < 1.29 is 19.1 Å². The molecular weight excluding hydrogens is 394 g/mol. The number of carbonyl (C=O) groups excluding carboxylic acids is 2. The van der Waals surface area contributed by atoms with Gasteiger partial charge in [-0.2, -0.15) is 0 Å². The number of aromatic nitrogens is 1. The smallest absolute Gasteiger partial charge is 0.260 e. The molecule has 1 aromatic carbocycles. The monoisotopic (exact) mass is 427 g/mol. The SMILES string of the molecule is COc1ccccc1OCC(=O)N1CCN(CC(=O)c2cc(C)n(C(C)C)c2C)CC1. The number of ether oxygens (including phenoxy) is 2. The molecule has 1 aromatic heterocycles. The second-order valence-corrected chi connectivity index (χ2v) is 8.27. The Morgan fingerprint density at radius 1 is 1.03 bits per heavy atom. The van der Waals surface area contributed by atoms with Gasteiger partial charge < -0.3 is 18.9 Å². The van der Waals surface area contributed by atoms with E-state index in [1.807, 2.05) is 32.0 Å². The fourth-order valence-corrected chi connectivity index (χ4v) is 4.27. The van der Waals surface area contributed by atoms with E-state index in [2.05, 4.69) is 23.3 Å². The Hall–Kier alpha value is -2.80. The quantitative estimate of drug-likeness (QED) is 0.606. The maximum Gasteiger partial charge on any atom is 0.260 e. The molecule has 1 saturated heterocycles. The third-order valence-corrected chi connectivity index (χ3v) is 5.81. The molecule has 0 radical (unpaired) electrons. The number of methoxy groups -OCH3 is 1. The number of amides is 1. The summed E-state index contributed by atoms with van der Waals surface area (Å²) in [7, 11) is 1.57. The molecule has 31 heavy (non-hydrogen) atoms. The molecule has 7 heteroatoms. The summed E-state index contributed by atoms with van der Waals surface area (Å²) >= 11 is 0. The number of piperazine rings is 1. The predicted molar refractivity (Wildman–Crippen MR) is 120 cm³/mol. The van der Waals surface area contributed by atoms with Gasteiger partial charge in [-0.25, -0.2) is 0 Å². The molecule has 0 saturated carbocycles. The highest BCUT2D eigenvalue weighted by Gasteiger charge is 2.25. The van der Waals surface area contributed by atoms with Gasteiger partial charge in [-0.05, 0) is 45.9 Å². The van der Waals surface area contributed by atoms with Crippen LogP contribution in [0.3, 0.4) is 0 Å². The zero-order chi connectivity index (χ0) is 22.5. The molecule has 0 spiro atoms. The van der Waals surface area contributed by atoms with E-state index in [9.17, 15) is 9.59 Å². The molecule has 0 bridgehead atoms. The average molecular weight is 428 g/mol. The Bertz CT molecular complexity index is 927. The fraction of sp³-hybridized carbons (Fsp3) is 0.500. The van der Waals surface area contributed by atoms with Crippen LogP contribution in [0.1, 0.15) is 41.6 Å². The first-order chi connectivity index (χ1) is 14.8. The number of carbonyl (C=O) groups is 2. The average Bonchev–Trinajstić information content (AvgIpc) is 3.06. The maximum absolute atomic E-state index is 12.9. The molecule has 1 aliphatic heterocycles. The van der Waals surface area contributed by atoms with Crippen molar-refractivity contribution in [3.63, 3.8) is 0 Å². The number of hydrogen-bond acceptors (Lipinski definition) is 5. The van der Waals surface area contributed by atoms with Gasteiger partial charge in [-0.15, -0.1) is 0 Å². The van der Waals surface area contributed by atoms with Crippen LogP contribution in [0, 0.1) is 13.8 Å². The van der Waals surface area contributed by atoms with Crippen LogP contribution >= 0.6 is 0 Å². The molecule has 1 amide bonds. The Balaban J connectivity index is 1.50. The highest BCUT2D eigenvalue weighted by molar-refractivity contribution is 5.99. The summed E-state index contributed by atoms with van der Waals surface area (Å²) in [5.41, 5.74) is 2.94. The van der Waals surface area contributed by atoms with Crippen LogP contribution in [-0.2, 0) is 4.79 Å². The molecule has 3 rings (SSSR count). The van der Waals surface area contributed by atoms with Gasteiger partial charge in [-0.3, -0.25) is 14.5 Å². The third-order valence-electron chi connectivity index (χ3n) is 5.81. The van der Waals surface area contributed by atoms with Crippen molar-refractivity contribution in [3.05, 3.63) is 47.3 Å². The molecule has 0 atom stereocenters. The Morgan fingerprint density at radius 2 is 1.68 bits per heavy atom. The summed E-state index contributed by atoms with van der Waals surface area (Å²) in [5.74, 6) is 1.24. The lowest BCUT2D eigenvalue weighted by molar-refractivity contribution is -0.135. The van der Waals surface area contributed by atoms with Crippen LogP contribution < -0.4 is 9.47 Å². The van der Waals surface area contributed by atoms with E-state index in [1.165, 1.54) is 0 Å². The van der Waals surface area contributed by atoms with E-state index < -0.39 is 0 Å². The molecule has 7 nitrogen and oxygen atoms in total. The van der Waals surface area contributed by atoms with E-state index in [4.69, 9.17) is 9.47 Å². The van der Waals surface area contributed by atoms with Crippen molar-refractivity contribution >= 4 is 11.7 Å². The molecular formula is C24H33N3O4. The maximum atomic E-state index is 12.9. The number of ketones is 1. The van der Waals surface area contributed by atoms with Crippen molar-refractivity contribution in [3.8, 4) is 11.5 Å². The predicted octanol–water partition coefficient (Wildman–Crippen LogP) is 3.10.